The summed E-state index contributed by atoms with van der Waals surface area (Å²) in [4.78, 5) is 0. The Morgan fingerprint density at radius 3 is 1.60 bits per heavy atom. The first-order chi connectivity index (χ1) is 11.5. The molecule has 4 heteroatoms. The van der Waals surface area contributed by atoms with E-state index in [1.54, 1.807) is 0 Å². The fourth-order valence-corrected chi connectivity index (χ4v) is 3.33. The Hall–Kier alpha value is -1.10. The molecule has 0 spiro atoms. The molecule has 2 nitrogen and oxygen atoms in total. The van der Waals surface area contributed by atoms with Gasteiger partial charge < -0.3 is 9.31 Å². The quantitative estimate of drug-likeness (QED) is 0.669. The number of halogens is 1. The summed E-state index contributed by atoms with van der Waals surface area (Å²) in [5.41, 5.74) is 2.94. The summed E-state index contributed by atoms with van der Waals surface area (Å²) in [6, 6.07) is 17.1. The van der Waals surface area contributed by atoms with Gasteiger partial charge in [-0.3, -0.25) is 0 Å². The first-order valence-electron chi connectivity index (χ1n) is 8.75. The van der Waals surface area contributed by atoms with E-state index in [0.29, 0.717) is 0 Å². The lowest BCUT2D eigenvalue weighted by Gasteiger charge is -2.32. The lowest BCUT2D eigenvalue weighted by atomic mass is 9.74. The van der Waals surface area contributed by atoms with Crippen LogP contribution in [0.25, 0.3) is 0 Å². The monoisotopic (exact) mass is 400 g/mol. The van der Waals surface area contributed by atoms with Crippen LogP contribution in [-0.4, -0.2) is 18.3 Å². The summed E-state index contributed by atoms with van der Waals surface area (Å²) in [5, 5.41) is 0. The molecule has 2 aromatic rings. The fraction of sp³-hybridized carbons (Fsp3) is 0.429. The third-order valence-electron chi connectivity index (χ3n) is 5.72. The van der Waals surface area contributed by atoms with Crippen LogP contribution in [0, 0.1) is 0 Å². The Balaban J connectivity index is 1.84. The van der Waals surface area contributed by atoms with E-state index in [0.717, 1.165) is 9.94 Å². The van der Waals surface area contributed by atoms with Crippen molar-refractivity contribution in [3.05, 3.63) is 64.1 Å². The Morgan fingerprint density at radius 1 is 0.760 bits per heavy atom. The molecule has 0 N–H and O–H groups in total. The van der Waals surface area contributed by atoms with Crippen molar-refractivity contribution in [2.24, 2.45) is 0 Å². The Labute approximate surface area is 160 Å². The maximum absolute atomic E-state index is 6.15. The average Bonchev–Trinajstić information content (AvgIpc) is 2.76. The molecular formula is C21H26BBrO2. The van der Waals surface area contributed by atoms with Crippen molar-refractivity contribution in [1.29, 1.82) is 0 Å². The standard InChI is InChI=1S/C21H26BBrO2/c1-19(2,16-9-13-18(23)14-10-16)15-7-11-17(12-8-15)22-24-20(3,4)21(5,6)25-22/h7-14H,1-6H3. The number of hydrogen-bond donors (Lipinski definition) is 0. The highest BCUT2D eigenvalue weighted by molar-refractivity contribution is 9.10. The highest BCUT2D eigenvalue weighted by Crippen LogP contribution is 2.37. The first-order valence-corrected chi connectivity index (χ1v) is 9.54. The molecule has 0 atom stereocenters. The molecule has 1 heterocycles. The van der Waals surface area contributed by atoms with Gasteiger partial charge in [-0.25, -0.2) is 0 Å². The number of benzene rings is 2. The van der Waals surface area contributed by atoms with Gasteiger partial charge in [-0.05, 0) is 56.4 Å². The molecule has 0 amide bonds. The van der Waals surface area contributed by atoms with Crippen molar-refractivity contribution in [2.45, 2.75) is 58.2 Å². The first kappa shape index (κ1) is 18.7. The molecular weight excluding hydrogens is 375 g/mol. The summed E-state index contributed by atoms with van der Waals surface area (Å²) in [6.07, 6.45) is 0. The second-order valence-corrected chi connectivity index (χ2v) is 9.26. The van der Waals surface area contributed by atoms with Crippen molar-refractivity contribution in [1.82, 2.24) is 0 Å². The van der Waals surface area contributed by atoms with Crippen LogP contribution in [0.1, 0.15) is 52.7 Å². The molecule has 0 saturated carbocycles. The van der Waals surface area contributed by atoms with E-state index in [1.807, 2.05) is 0 Å². The van der Waals surface area contributed by atoms with Crippen molar-refractivity contribution < 1.29 is 9.31 Å². The van der Waals surface area contributed by atoms with Crippen LogP contribution in [0.5, 0.6) is 0 Å². The molecule has 0 unspecified atom stereocenters. The molecule has 1 fully saturated rings. The van der Waals surface area contributed by atoms with Crippen LogP contribution in [0.15, 0.2) is 53.0 Å². The lowest BCUT2D eigenvalue weighted by molar-refractivity contribution is 0.00578. The van der Waals surface area contributed by atoms with E-state index < -0.39 is 0 Å². The van der Waals surface area contributed by atoms with E-state index in [1.165, 1.54) is 11.1 Å². The van der Waals surface area contributed by atoms with Crippen LogP contribution in [0.2, 0.25) is 0 Å². The van der Waals surface area contributed by atoms with Gasteiger partial charge in [0.1, 0.15) is 0 Å². The van der Waals surface area contributed by atoms with Crippen molar-refractivity contribution in [3.63, 3.8) is 0 Å². The summed E-state index contributed by atoms with van der Waals surface area (Å²) in [6.45, 7) is 12.8. The molecule has 1 aliphatic heterocycles. The fourth-order valence-electron chi connectivity index (χ4n) is 3.07. The predicted octanol–water partition coefficient (Wildman–Crippen LogP) is 5.07. The zero-order valence-corrected chi connectivity index (χ0v) is 17.5. The van der Waals surface area contributed by atoms with Gasteiger partial charge in [-0.1, -0.05) is 66.2 Å². The largest absolute Gasteiger partial charge is 0.494 e. The zero-order chi connectivity index (χ0) is 18.5. The molecule has 1 aliphatic rings. The van der Waals surface area contributed by atoms with Gasteiger partial charge in [0.2, 0.25) is 0 Å². The molecule has 25 heavy (non-hydrogen) atoms. The SMILES string of the molecule is CC(C)(c1ccc(Br)cc1)c1ccc(B2OC(C)(C)C(C)(C)O2)cc1. The Kier molecular flexibility index (Phi) is 4.68. The minimum atomic E-state index is -0.312. The highest BCUT2D eigenvalue weighted by Gasteiger charge is 2.51. The molecule has 1 saturated heterocycles. The van der Waals surface area contributed by atoms with Gasteiger partial charge in [0.05, 0.1) is 11.2 Å². The van der Waals surface area contributed by atoms with Crippen LogP contribution in [0.3, 0.4) is 0 Å². The normalized spacial score (nSPS) is 19.2. The van der Waals surface area contributed by atoms with E-state index in [-0.39, 0.29) is 23.7 Å². The third-order valence-corrected chi connectivity index (χ3v) is 6.25. The second kappa shape index (κ2) is 6.26. The summed E-state index contributed by atoms with van der Waals surface area (Å²) in [5.74, 6) is 0. The minimum absolute atomic E-state index is 0.0604. The molecule has 3 rings (SSSR count). The van der Waals surface area contributed by atoms with Gasteiger partial charge in [0, 0.05) is 9.89 Å². The zero-order valence-electron chi connectivity index (χ0n) is 15.9. The van der Waals surface area contributed by atoms with E-state index in [4.69, 9.17) is 9.31 Å². The van der Waals surface area contributed by atoms with Crippen LogP contribution in [0.4, 0.5) is 0 Å². The maximum atomic E-state index is 6.15. The van der Waals surface area contributed by atoms with Crippen LogP contribution in [-0.2, 0) is 14.7 Å². The van der Waals surface area contributed by atoms with Gasteiger partial charge in [-0.2, -0.15) is 0 Å². The van der Waals surface area contributed by atoms with Gasteiger partial charge >= 0.3 is 7.12 Å². The number of hydrogen-bond acceptors (Lipinski definition) is 2. The van der Waals surface area contributed by atoms with E-state index >= 15 is 0 Å². The minimum Gasteiger partial charge on any atom is -0.399 e. The summed E-state index contributed by atoms with van der Waals surface area (Å²) in [7, 11) is -0.310. The Bertz CT molecular complexity index is 732. The molecule has 0 bridgehead atoms. The molecule has 0 aliphatic carbocycles. The van der Waals surface area contributed by atoms with Crippen molar-refractivity contribution in [2.75, 3.05) is 0 Å². The maximum Gasteiger partial charge on any atom is 0.494 e. The summed E-state index contributed by atoms with van der Waals surface area (Å²) < 4.78 is 13.4. The second-order valence-electron chi connectivity index (χ2n) is 8.34. The molecule has 0 aromatic heterocycles. The van der Waals surface area contributed by atoms with Crippen LogP contribution >= 0.6 is 15.9 Å². The van der Waals surface area contributed by atoms with Gasteiger partial charge in [-0.15, -0.1) is 0 Å². The molecule has 132 valence electrons. The average molecular weight is 401 g/mol. The van der Waals surface area contributed by atoms with E-state index in [2.05, 4.69) is 106 Å². The smallest absolute Gasteiger partial charge is 0.399 e. The third kappa shape index (κ3) is 3.44. The Morgan fingerprint density at radius 2 is 1.16 bits per heavy atom. The van der Waals surface area contributed by atoms with Gasteiger partial charge in [0.15, 0.2) is 0 Å². The molecule has 2 aromatic carbocycles. The van der Waals surface area contributed by atoms with Crippen LogP contribution < -0.4 is 5.46 Å². The predicted molar refractivity (Wildman–Crippen MR) is 108 cm³/mol. The topological polar surface area (TPSA) is 18.5 Å². The summed E-state index contributed by atoms with van der Waals surface area (Å²) >= 11 is 3.51. The lowest BCUT2D eigenvalue weighted by Crippen LogP contribution is -2.41. The van der Waals surface area contributed by atoms with E-state index in [9.17, 15) is 0 Å². The highest BCUT2D eigenvalue weighted by atomic mass is 79.9. The molecule has 0 radical (unpaired) electrons. The van der Waals surface area contributed by atoms with Crippen molar-refractivity contribution in [3.8, 4) is 0 Å². The number of rotatable bonds is 3. The van der Waals surface area contributed by atoms with Crippen molar-refractivity contribution >= 4 is 28.5 Å². The van der Waals surface area contributed by atoms with Gasteiger partial charge in [0.25, 0.3) is 0 Å².